The summed E-state index contributed by atoms with van der Waals surface area (Å²) in [6.07, 6.45) is 2.66. The topological polar surface area (TPSA) is 121 Å². The number of pyridine rings is 1. The van der Waals surface area contributed by atoms with Crippen LogP contribution in [0.25, 0.3) is 22.3 Å². The summed E-state index contributed by atoms with van der Waals surface area (Å²) >= 11 is 0. The Morgan fingerprint density at radius 2 is 1.92 bits per heavy atom. The van der Waals surface area contributed by atoms with Gasteiger partial charge in [0, 0.05) is 37.4 Å². The van der Waals surface area contributed by atoms with Crippen molar-refractivity contribution in [3.05, 3.63) is 59.7 Å². The minimum atomic E-state index is -0.898. The van der Waals surface area contributed by atoms with Gasteiger partial charge < -0.3 is 20.3 Å². The molecule has 0 bridgehead atoms. The Bertz CT molecular complexity index is 1460. The number of nitrogens with one attached hydrogen (secondary N) is 2. The maximum atomic E-state index is 14.9. The minimum absolute atomic E-state index is 0.0374. The van der Waals surface area contributed by atoms with E-state index in [-0.39, 0.29) is 35.3 Å². The lowest BCUT2D eigenvalue weighted by atomic mass is 10.1. The fraction of sp³-hybridized carbons (Fsp3) is 0.370. The van der Waals surface area contributed by atoms with Crippen LogP contribution in [0.3, 0.4) is 0 Å². The third-order valence-electron chi connectivity index (χ3n) is 6.14. The molecule has 0 radical (unpaired) electrons. The zero-order valence-electron chi connectivity index (χ0n) is 22.4. The quantitative estimate of drug-likeness (QED) is 0.227. The number of aryl methyl sites for hydroxylation is 1. The van der Waals surface area contributed by atoms with Crippen molar-refractivity contribution in [3.63, 3.8) is 0 Å². The highest BCUT2D eigenvalue weighted by Gasteiger charge is 2.18. The van der Waals surface area contributed by atoms with E-state index in [1.54, 1.807) is 25.3 Å². The van der Waals surface area contributed by atoms with Crippen molar-refractivity contribution >= 4 is 28.8 Å². The average Bonchev–Trinajstić information content (AvgIpc) is 3.22. The third kappa shape index (κ3) is 6.70. The molecule has 0 amide bonds. The van der Waals surface area contributed by atoms with Gasteiger partial charge in [0.05, 0.1) is 18.3 Å². The highest BCUT2D eigenvalue weighted by molar-refractivity contribution is 5.83. The SMILES string of the molecule is CCNCCN(CC(=O)O)Cc1ccc(Nc2ncc(F)c(-c3cc(F)c4nc(C)n(C(C)C)c4c3)n2)nc1. The van der Waals surface area contributed by atoms with E-state index in [4.69, 9.17) is 0 Å². The number of hydrogen-bond donors (Lipinski definition) is 3. The second-order valence-electron chi connectivity index (χ2n) is 9.47. The molecule has 0 unspecified atom stereocenters. The molecule has 0 aliphatic heterocycles. The minimum Gasteiger partial charge on any atom is -0.480 e. The number of halogens is 2. The van der Waals surface area contributed by atoms with Crippen LogP contribution in [0, 0.1) is 18.6 Å². The maximum Gasteiger partial charge on any atom is 0.317 e. The van der Waals surface area contributed by atoms with Gasteiger partial charge in [-0.15, -0.1) is 0 Å². The lowest BCUT2D eigenvalue weighted by Gasteiger charge is -2.20. The third-order valence-corrected chi connectivity index (χ3v) is 6.14. The van der Waals surface area contributed by atoms with Gasteiger partial charge in [0.1, 0.15) is 22.9 Å². The fourth-order valence-electron chi connectivity index (χ4n) is 4.47. The molecule has 0 fully saturated rings. The van der Waals surface area contributed by atoms with Crippen LogP contribution in [0.5, 0.6) is 0 Å². The van der Waals surface area contributed by atoms with E-state index in [0.717, 1.165) is 18.3 Å². The molecule has 206 valence electrons. The molecular formula is C27H32F2N8O2. The monoisotopic (exact) mass is 538 g/mol. The second kappa shape index (κ2) is 12.2. The number of hydrogen-bond acceptors (Lipinski definition) is 8. The number of imidazole rings is 1. The summed E-state index contributed by atoms with van der Waals surface area (Å²) in [6.45, 7) is 10.1. The summed E-state index contributed by atoms with van der Waals surface area (Å²) in [5.41, 5.74) is 1.84. The van der Waals surface area contributed by atoms with Gasteiger partial charge >= 0.3 is 5.97 Å². The van der Waals surface area contributed by atoms with Crippen molar-refractivity contribution in [1.29, 1.82) is 0 Å². The summed E-state index contributed by atoms with van der Waals surface area (Å²) in [4.78, 5) is 30.0. The van der Waals surface area contributed by atoms with Crippen LogP contribution < -0.4 is 10.6 Å². The molecule has 3 N–H and O–H groups in total. The molecule has 0 spiro atoms. The van der Waals surface area contributed by atoms with Gasteiger partial charge in [-0.3, -0.25) is 9.69 Å². The molecule has 4 aromatic rings. The number of carboxylic acids is 1. The smallest absolute Gasteiger partial charge is 0.317 e. The predicted octanol–water partition coefficient (Wildman–Crippen LogP) is 4.30. The molecule has 10 nitrogen and oxygen atoms in total. The molecule has 0 aliphatic carbocycles. The number of aromatic nitrogens is 5. The van der Waals surface area contributed by atoms with Crippen molar-refractivity contribution in [2.24, 2.45) is 0 Å². The van der Waals surface area contributed by atoms with E-state index in [9.17, 15) is 18.7 Å². The first kappa shape index (κ1) is 28.0. The van der Waals surface area contributed by atoms with Crippen LogP contribution in [-0.4, -0.2) is 66.7 Å². The van der Waals surface area contributed by atoms with Gasteiger partial charge in [0.25, 0.3) is 0 Å². The number of rotatable bonds is 12. The molecule has 1 aromatic carbocycles. The molecule has 3 aromatic heterocycles. The van der Waals surface area contributed by atoms with Crippen LogP contribution in [0.15, 0.2) is 36.7 Å². The van der Waals surface area contributed by atoms with Crippen LogP contribution in [0.1, 0.15) is 38.2 Å². The van der Waals surface area contributed by atoms with Gasteiger partial charge in [-0.2, -0.15) is 0 Å². The molecule has 4 rings (SSSR count). The molecule has 39 heavy (non-hydrogen) atoms. The van der Waals surface area contributed by atoms with E-state index in [0.29, 0.717) is 36.8 Å². The van der Waals surface area contributed by atoms with Crippen molar-refractivity contribution in [2.45, 2.75) is 40.3 Å². The van der Waals surface area contributed by atoms with Crippen LogP contribution in [0.4, 0.5) is 20.5 Å². The van der Waals surface area contributed by atoms with Gasteiger partial charge in [0.15, 0.2) is 11.6 Å². The van der Waals surface area contributed by atoms with Crippen molar-refractivity contribution < 1.29 is 18.7 Å². The van der Waals surface area contributed by atoms with Crippen molar-refractivity contribution in [3.8, 4) is 11.3 Å². The van der Waals surface area contributed by atoms with Gasteiger partial charge in [-0.25, -0.2) is 28.7 Å². The molecular weight excluding hydrogens is 506 g/mol. The van der Waals surface area contributed by atoms with Crippen molar-refractivity contribution in [2.75, 3.05) is 31.5 Å². The van der Waals surface area contributed by atoms with E-state index in [1.165, 1.54) is 6.07 Å². The first-order valence-corrected chi connectivity index (χ1v) is 12.7. The van der Waals surface area contributed by atoms with Crippen LogP contribution in [0.2, 0.25) is 0 Å². The highest BCUT2D eigenvalue weighted by Crippen LogP contribution is 2.30. The number of nitrogens with zero attached hydrogens (tertiary/aromatic N) is 6. The van der Waals surface area contributed by atoms with E-state index in [2.05, 4.69) is 30.6 Å². The van der Waals surface area contributed by atoms with Gasteiger partial charge in [-0.1, -0.05) is 13.0 Å². The number of carboxylic acid groups (broad SMARTS) is 1. The number of carbonyl (C=O) groups is 1. The molecule has 3 heterocycles. The Labute approximate surface area is 225 Å². The largest absolute Gasteiger partial charge is 0.480 e. The molecule has 0 atom stereocenters. The summed E-state index contributed by atoms with van der Waals surface area (Å²) in [5.74, 6) is -0.962. The Hall–Kier alpha value is -4.03. The van der Waals surface area contributed by atoms with Gasteiger partial charge in [0.2, 0.25) is 5.95 Å². The van der Waals surface area contributed by atoms with Crippen molar-refractivity contribution in [1.82, 2.24) is 34.7 Å². The number of benzene rings is 1. The molecule has 0 aliphatic rings. The summed E-state index contributed by atoms with van der Waals surface area (Å²) < 4.78 is 31.6. The lowest BCUT2D eigenvalue weighted by Crippen LogP contribution is -2.35. The molecule has 12 heteroatoms. The number of fused-ring (bicyclic) bond motifs is 1. The zero-order valence-corrected chi connectivity index (χ0v) is 22.4. The van der Waals surface area contributed by atoms with E-state index < -0.39 is 17.6 Å². The normalized spacial score (nSPS) is 11.6. The number of likely N-dealkylation sites (N-methyl/N-ethyl adjacent to an activating group) is 1. The number of anilines is 2. The first-order valence-electron chi connectivity index (χ1n) is 12.7. The first-order chi connectivity index (χ1) is 18.7. The summed E-state index contributed by atoms with van der Waals surface area (Å²) in [7, 11) is 0. The average molecular weight is 539 g/mol. The predicted molar refractivity (Wildman–Crippen MR) is 145 cm³/mol. The Balaban J connectivity index is 1.54. The second-order valence-corrected chi connectivity index (χ2v) is 9.47. The van der Waals surface area contributed by atoms with Crippen LogP contribution in [-0.2, 0) is 11.3 Å². The standard InChI is InChI=1S/C27H32F2N8O2/c1-5-30-8-9-36(15-24(38)39)14-18-6-7-23(31-12-18)34-27-32-13-21(29)25(35-27)19-10-20(28)26-22(11-19)37(16(2)3)17(4)33-26/h6-7,10-13,16,30H,5,8-9,14-15H2,1-4H3,(H,38,39)(H,31,32,34,35). The number of aliphatic carboxylic acids is 1. The van der Waals surface area contributed by atoms with E-state index >= 15 is 0 Å². The molecule has 0 saturated heterocycles. The summed E-state index contributed by atoms with van der Waals surface area (Å²) in [6, 6.07) is 6.47. The Morgan fingerprint density at radius 3 is 2.59 bits per heavy atom. The highest BCUT2D eigenvalue weighted by atomic mass is 19.1. The van der Waals surface area contributed by atoms with Crippen LogP contribution >= 0.6 is 0 Å². The maximum absolute atomic E-state index is 14.9. The fourth-order valence-corrected chi connectivity index (χ4v) is 4.47. The molecule has 0 saturated carbocycles. The zero-order chi connectivity index (χ0) is 28.1. The summed E-state index contributed by atoms with van der Waals surface area (Å²) in [5, 5.41) is 15.3. The van der Waals surface area contributed by atoms with E-state index in [1.807, 2.05) is 36.3 Å². The Kier molecular flexibility index (Phi) is 8.77. The van der Waals surface area contributed by atoms with Gasteiger partial charge in [-0.05, 0) is 51.1 Å². The lowest BCUT2D eigenvalue weighted by molar-refractivity contribution is -0.138. The Morgan fingerprint density at radius 1 is 1.13 bits per heavy atom.